The lowest BCUT2D eigenvalue weighted by Gasteiger charge is -2.34. The molecule has 0 bridgehead atoms. The van der Waals surface area contributed by atoms with Crippen molar-refractivity contribution in [3.8, 4) is 0 Å². The highest BCUT2D eigenvalue weighted by atomic mass is 16.2. The maximum atomic E-state index is 12.1. The number of rotatable bonds is 4. The van der Waals surface area contributed by atoms with Gasteiger partial charge in [-0.3, -0.25) is 14.2 Å². The first-order valence-electron chi connectivity index (χ1n) is 8.29. The maximum Gasteiger partial charge on any atom is 0.330 e. The molecule has 7 heteroatoms. The average Bonchev–Trinajstić information content (AvgIpc) is 2.55. The van der Waals surface area contributed by atoms with E-state index in [1.165, 1.54) is 30.0 Å². The van der Waals surface area contributed by atoms with Crippen LogP contribution in [-0.4, -0.2) is 45.1 Å². The van der Waals surface area contributed by atoms with Gasteiger partial charge in [-0.15, -0.1) is 0 Å². The maximum absolute atomic E-state index is 12.1. The zero-order valence-corrected chi connectivity index (χ0v) is 14.8. The van der Waals surface area contributed by atoms with Crippen LogP contribution >= 0.6 is 0 Å². The number of hydrogen-bond donors (Lipinski definition) is 1. The third-order valence-electron chi connectivity index (χ3n) is 4.49. The average molecular weight is 334 g/mol. The Balaban J connectivity index is 1.97. The fraction of sp³-hybridized carbons (Fsp3) is 0.588. The normalized spacial score (nSPS) is 16.9. The van der Waals surface area contributed by atoms with Crippen molar-refractivity contribution in [3.05, 3.63) is 38.7 Å². The van der Waals surface area contributed by atoms with Crippen molar-refractivity contribution < 1.29 is 4.79 Å². The second-order valence-corrected chi connectivity index (χ2v) is 6.59. The van der Waals surface area contributed by atoms with Crippen LogP contribution in [0.5, 0.6) is 0 Å². The highest BCUT2D eigenvalue weighted by Gasteiger charge is 2.21. The van der Waals surface area contributed by atoms with E-state index in [9.17, 15) is 14.4 Å². The minimum atomic E-state index is -0.410. The van der Waals surface area contributed by atoms with Gasteiger partial charge in [-0.2, -0.15) is 0 Å². The highest BCUT2D eigenvalue weighted by molar-refractivity contribution is 5.91. The van der Waals surface area contributed by atoms with E-state index in [2.05, 4.69) is 24.1 Å². The van der Waals surface area contributed by atoms with Crippen LogP contribution in [0.1, 0.15) is 32.3 Å². The third-order valence-corrected chi connectivity index (χ3v) is 4.49. The van der Waals surface area contributed by atoms with Gasteiger partial charge >= 0.3 is 5.69 Å². The Morgan fingerprint density at radius 2 is 1.88 bits per heavy atom. The molecule has 1 saturated heterocycles. The largest absolute Gasteiger partial charge is 0.350 e. The Morgan fingerprint density at radius 3 is 2.46 bits per heavy atom. The van der Waals surface area contributed by atoms with Crippen molar-refractivity contribution in [1.29, 1.82) is 0 Å². The van der Waals surface area contributed by atoms with Gasteiger partial charge in [0.15, 0.2) is 0 Å². The summed E-state index contributed by atoms with van der Waals surface area (Å²) in [5, 5.41) is 2.98. The van der Waals surface area contributed by atoms with E-state index in [4.69, 9.17) is 0 Å². The van der Waals surface area contributed by atoms with Gasteiger partial charge < -0.3 is 14.8 Å². The lowest BCUT2D eigenvalue weighted by Crippen LogP contribution is -2.46. The number of likely N-dealkylation sites (tertiary alicyclic amines) is 1. The molecule has 0 aromatic carbocycles. The Hall–Kier alpha value is -2.15. The molecule has 132 valence electrons. The van der Waals surface area contributed by atoms with Gasteiger partial charge in [-0.1, -0.05) is 0 Å². The molecule has 0 spiro atoms. The van der Waals surface area contributed by atoms with Crippen LogP contribution in [0.25, 0.3) is 6.08 Å². The molecule has 24 heavy (non-hydrogen) atoms. The first kappa shape index (κ1) is 18.2. The lowest BCUT2D eigenvalue weighted by molar-refractivity contribution is -0.117. The minimum Gasteiger partial charge on any atom is -0.350 e. The van der Waals surface area contributed by atoms with Gasteiger partial charge in [0.2, 0.25) is 5.91 Å². The second-order valence-electron chi connectivity index (χ2n) is 6.59. The molecule has 1 aliphatic heterocycles. The van der Waals surface area contributed by atoms with Crippen LogP contribution in [0.3, 0.4) is 0 Å². The summed E-state index contributed by atoms with van der Waals surface area (Å²) >= 11 is 0. The van der Waals surface area contributed by atoms with E-state index < -0.39 is 11.2 Å². The summed E-state index contributed by atoms with van der Waals surface area (Å²) in [6.07, 6.45) is 6.12. The fourth-order valence-electron chi connectivity index (χ4n) is 2.93. The standard InChI is InChI=1S/C17H26N4O3/c1-12(2)21-9-7-14(8-10-21)18-15(22)6-5-13-11-19(3)17(24)20(4)16(13)23/h5-6,11-12,14H,7-10H2,1-4H3,(H,18,22)/b6-5-. The van der Waals surface area contributed by atoms with Gasteiger partial charge in [-0.05, 0) is 32.8 Å². The molecule has 1 amide bonds. The third kappa shape index (κ3) is 4.23. The molecule has 2 heterocycles. The number of piperidine rings is 1. The van der Waals surface area contributed by atoms with Crippen molar-refractivity contribution in [2.24, 2.45) is 14.1 Å². The first-order valence-corrected chi connectivity index (χ1v) is 8.29. The van der Waals surface area contributed by atoms with Gasteiger partial charge in [-0.25, -0.2) is 4.79 Å². The van der Waals surface area contributed by atoms with E-state index >= 15 is 0 Å². The molecular weight excluding hydrogens is 308 g/mol. The van der Waals surface area contributed by atoms with Gasteiger partial charge in [0.05, 0.1) is 5.56 Å². The monoisotopic (exact) mass is 334 g/mol. The van der Waals surface area contributed by atoms with E-state index in [-0.39, 0.29) is 11.9 Å². The number of hydrogen-bond acceptors (Lipinski definition) is 4. The molecule has 0 aliphatic carbocycles. The quantitative estimate of drug-likeness (QED) is 0.792. The Labute approximate surface area is 141 Å². The fourth-order valence-corrected chi connectivity index (χ4v) is 2.93. The summed E-state index contributed by atoms with van der Waals surface area (Å²) < 4.78 is 2.35. The highest BCUT2D eigenvalue weighted by Crippen LogP contribution is 2.12. The molecule has 0 unspecified atom stereocenters. The number of amides is 1. The van der Waals surface area contributed by atoms with Crippen molar-refractivity contribution in [1.82, 2.24) is 19.4 Å². The molecule has 7 nitrogen and oxygen atoms in total. The lowest BCUT2D eigenvalue weighted by atomic mass is 10.0. The van der Waals surface area contributed by atoms with Crippen LogP contribution in [0.15, 0.2) is 21.9 Å². The van der Waals surface area contributed by atoms with E-state index in [0.29, 0.717) is 11.6 Å². The molecule has 2 rings (SSSR count). The van der Waals surface area contributed by atoms with E-state index in [1.54, 1.807) is 7.05 Å². The van der Waals surface area contributed by atoms with Crippen molar-refractivity contribution in [2.45, 2.75) is 38.8 Å². The van der Waals surface area contributed by atoms with Crippen LogP contribution in [0.4, 0.5) is 0 Å². The Bertz CT molecular complexity index is 737. The Kier molecular flexibility index (Phi) is 5.77. The summed E-state index contributed by atoms with van der Waals surface area (Å²) in [7, 11) is 2.99. The topological polar surface area (TPSA) is 76.3 Å². The van der Waals surface area contributed by atoms with E-state index in [1.807, 2.05) is 0 Å². The molecule has 0 radical (unpaired) electrons. The molecule has 0 atom stereocenters. The Morgan fingerprint density at radius 1 is 1.25 bits per heavy atom. The van der Waals surface area contributed by atoms with Crippen LogP contribution in [0.2, 0.25) is 0 Å². The van der Waals surface area contributed by atoms with Crippen LogP contribution < -0.4 is 16.6 Å². The predicted molar refractivity (Wildman–Crippen MR) is 93.8 cm³/mol. The summed E-state index contributed by atoms with van der Waals surface area (Å²) in [5.41, 5.74) is -0.490. The first-order chi connectivity index (χ1) is 11.3. The molecule has 1 aromatic rings. The minimum absolute atomic E-state index is 0.167. The molecule has 1 N–H and O–H groups in total. The van der Waals surface area contributed by atoms with Crippen molar-refractivity contribution in [2.75, 3.05) is 13.1 Å². The van der Waals surface area contributed by atoms with Crippen LogP contribution in [-0.2, 0) is 18.9 Å². The summed E-state index contributed by atoms with van der Waals surface area (Å²) in [6.45, 7) is 6.31. The number of aromatic nitrogens is 2. The zero-order chi connectivity index (χ0) is 17.9. The number of nitrogens with one attached hydrogen (secondary N) is 1. The SMILES string of the molecule is CC(C)N1CCC(NC(=O)/C=C\c2cn(C)c(=O)n(C)c2=O)CC1. The molecular formula is C17H26N4O3. The molecule has 1 aliphatic rings. The summed E-state index contributed by atoms with van der Waals surface area (Å²) in [6, 6.07) is 0.697. The predicted octanol–water partition coefficient (Wildman–Crippen LogP) is 0.0862. The molecule has 0 saturated carbocycles. The van der Waals surface area contributed by atoms with E-state index in [0.717, 1.165) is 30.5 Å². The summed E-state index contributed by atoms with van der Waals surface area (Å²) in [4.78, 5) is 38.1. The number of carbonyl (C=O) groups is 1. The van der Waals surface area contributed by atoms with Crippen LogP contribution in [0, 0.1) is 0 Å². The smallest absolute Gasteiger partial charge is 0.330 e. The molecule has 1 fully saturated rings. The number of nitrogens with zero attached hydrogens (tertiary/aromatic N) is 3. The van der Waals surface area contributed by atoms with Crippen molar-refractivity contribution >= 4 is 12.0 Å². The van der Waals surface area contributed by atoms with Gasteiger partial charge in [0.1, 0.15) is 0 Å². The summed E-state index contributed by atoms with van der Waals surface area (Å²) in [5.74, 6) is -0.214. The number of aryl methyl sites for hydroxylation is 1. The molecule has 1 aromatic heterocycles. The van der Waals surface area contributed by atoms with Crippen molar-refractivity contribution in [3.63, 3.8) is 0 Å². The van der Waals surface area contributed by atoms with Gasteiger partial charge in [0.25, 0.3) is 5.56 Å². The zero-order valence-electron chi connectivity index (χ0n) is 14.8. The second kappa shape index (κ2) is 7.61. The number of carbonyl (C=O) groups excluding carboxylic acids is 1. The van der Waals surface area contributed by atoms with Gasteiger partial charge in [0, 0.05) is 51.5 Å².